The van der Waals surface area contributed by atoms with Crippen molar-refractivity contribution in [2.75, 3.05) is 6.54 Å². The summed E-state index contributed by atoms with van der Waals surface area (Å²) in [6.07, 6.45) is -0.417. The summed E-state index contributed by atoms with van der Waals surface area (Å²) in [5.74, 6) is -0.186. The van der Waals surface area contributed by atoms with Gasteiger partial charge in [-0.25, -0.2) is 4.98 Å². The lowest BCUT2D eigenvalue weighted by atomic mass is 10.1. The van der Waals surface area contributed by atoms with Crippen LogP contribution in [0.25, 0.3) is 17.1 Å². The van der Waals surface area contributed by atoms with Gasteiger partial charge in [-0.15, -0.1) is 13.2 Å². The number of hydrogen-bond donors (Lipinski definition) is 1. The minimum atomic E-state index is -4.85. The Hall–Kier alpha value is -4.22. The molecule has 5 rings (SSSR count). The fourth-order valence-corrected chi connectivity index (χ4v) is 4.19. The number of nitrogens with zero attached hydrogens (tertiary/aromatic N) is 6. The van der Waals surface area contributed by atoms with Crippen molar-refractivity contribution in [3.8, 4) is 22.8 Å². The number of H-pyrrole nitrogens is 1. The summed E-state index contributed by atoms with van der Waals surface area (Å²) < 4.78 is 42.6. The third-order valence-corrected chi connectivity index (χ3v) is 5.70. The molecule has 0 aliphatic carbocycles. The first-order chi connectivity index (χ1) is 16.8. The average Bonchev–Trinajstić information content (AvgIpc) is 3.59. The zero-order valence-electron chi connectivity index (χ0n) is 18.5. The zero-order valence-corrected chi connectivity index (χ0v) is 18.5. The highest BCUT2D eigenvalue weighted by molar-refractivity contribution is 5.98. The van der Waals surface area contributed by atoms with E-state index in [4.69, 9.17) is 0 Å². The Morgan fingerprint density at radius 1 is 1.14 bits per heavy atom. The number of likely N-dealkylation sites (tertiary alicyclic amines) is 1. The van der Waals surface area contributed by atoms with Crippen LogP contribution in [0.5, 0.6) is 5.75 Å². The second-order valence-corrected chi connectivity index (χ2v) is 8.08. The summed E-state index contributed by atoms with van der Waals surface area (Å²) in [5.41, 5.74) is 2.03. The minimum Gasteiger partial charge on any atom is -0.405 e. The smallest absolute Gasteiger partial charge is 0.405 e. The molecule has 1 amide bonds. The van der Waals surface area contributed by atoms with Crippen molar-refractivity contribution < 1.29 is 22.7 Å². The highest BCUT2D eigenvalue weighted by Gasteiger charge is 2.35. The maximum Gasteiger partial charge on any atom is 0.573 e. The summed E-state index contributed by atoms with van der Waals surface area (Å²) in [6, 6.07) is 10.7. The molecule has 4 aromatic rings. The molecule has 0 saturated carbocycles. The van der Waals surface area contributed by atoms with E-state index in [2.05, 4.69) is 30.1 Å². The van der Waals surface area contributed by atoms with Gasteiger partial charge in [0, 0.05) is 6.54 Å². The van der Waals surface area contributed by atoms with Gasteiger partial charge in [-0.1, -0.05) is 18.2 Å². The summed E-state index contributed by atoms with van der Waals surface area (Å²) in [5, 5.41) is 15.2. The van der Waals surface area contributed by atoms with Gasteiger partial charge in [0.1, 0.15) is 11.6 Å². The first-order valence-electron chi connectivity index (χ1n) is 10.9. The van der Waals surface area contributed by atoms with Crippen LogP contribution in [0.1, 0.15) is 40.6 Å². The number of aromatic amines is 1. The quantitative estimate of drug-likeness (QED) is 0.456. The average molecular weight is 483 g/mol. The molecule has 3 heterocycles. The third-order valence-electron chi connectivity index (χ3n) is 5.70. The second kappa shape index (κ2) is 8.85. The van der Waals surface area contributed by atoms with Gasteiger partial charge >= 0.3 is 6.36 Å². The maximum absolute atomic E-state index is 13.6. The van der Waals surface area contributed by atoms with Gasteiger partial charge in [0.2, 0.25) is 0 Å². The second-order valence-electron chi connectivity index (χ2n) is 8.08. The molecule has 0 spiro atoms. The summed E-state index contributed by atoms with van der Waals surface area (Å²) >= 11 is 0. The molecule has 2 aromatic heterocycles. The summed E-state index contributed by atoms with van der Waals surface area (Å²) in [4.78, 5) is 21.1. The fourth-order valence-electron chi connectivity index (χ4n) is 4.19. The van der Waals surface area contributed by atoms with Gasteiger partial charge in [-0.2, -0.15) is 20.1 Å². The van der Waals surface area contributed by atoms with Crippen LogP contribution in [0.3, 0.4) is 0 Å². The monoisotopic (exact) mass is 483 g/mol. The molecule has 9 nitrogen and oxygen atoms in total. The van der Waals surface area contributed by atoms with Gasteiger partial charge in [0.05, 0.1) is 35.2 Å². The number of para-hydroxylation sites is 1. The van der Waals surface area contributed by atoms with E-state index in [-0.39, 0.29) is 17.3 Å². The number of ether oxygens (including phenoxy) is 1. The van der Waals surface area contributed by atoms with E-state index in [0.29, 0.717) is 30.0 Å². The Bertz CT molecular complexity index is 1350. The highest BCUT2D eigenvalue weighted by atomic mass is 19.4. The number of rotatable bonds is 5. The minimum absolute atomic E-state index is 0.0518. The van der Waals surface area contributed by atoms with E-state index < -0.39 is 18.2 Å². The van der Waals surface area contributed by atoms with E-state index in [9.17, 15) is 18.0 Å². The number of alkyl halides is 3. The molecular weight excluding hydrogens is 463 g/mol. The van der Waals surface area contributed by atoms with E-state index in [1.54, 1.807) is 17.0 Å². The van der Waals surface area contributed by atoms with E-state index >= 15 is 0 Å². The molecule has 1 fully saturated rings. The lowest BCUT2D eigenvalue weighted by Crippen LogP contribution is -2.32. The van der Waals surface area contributed by atoms with Gasteiger partial charge < -0.3 is 9.64 Å². The van der Waals surface area contributed by atoms with Crippen molar-refractivity contribution in [1.82, 2.24) is 35.1 Å². The first-order valence-corrected chi connectivity index (χ1v) is 10.9. The molecule has 180 valence electrons. The number of carbonyl (C=O) groups excluding carboxylic acids is 1. The number of halogens is 3. The normalized spacial score (nSPS) is 16.0. The Kier molecular flexibility index (Phi) is 5.71. The topological polar surface area (TPSA) is 102 Å². The van der Waals surface area contributed by atoms with Crippen LogP contribution < -0.4 is 4.74 Å². The number of aryl methyl sites for hydroxylation is 1. The molecule has 1 unspecified atom stereocenters. The molecule has 2 aromatic carbocycles. The van der Waals surface area contributed by atoms with Crippen LogP contribution in [0.2, 0.25) is 0 Å². The van der Waals surface area contributed by atoms with Crippen LogP contribution in [-0.4, -0.2) is 53.9 Å². The van der Waals surface area contributed by atoms with Gasteiger partial charge in [-0.05, 0) is 49.6 Å². The molecule has 0 bridgehead atoms. The van der Waals surface area contributed by atoms with E-state index in [0.717, 1.165) is 12.0 Å². The van der Waals surface area contributed by atoms with E-state index in [1.807, 2.05) is 19.1 Å². The lowest BCUT2D eigenvalue weighted by molar-refractivity contribution is -0.274. The molecule has 0 radical (unpaired) electrons. The van der Waals surface area contributed by atoms with Crippen LogP contribution in [0.15, 0.2) is 54.9 Å². The summed E-state index contributed by atoms with van der Waals surface area (Å²) in [6.45, 7) is 2.41. The SMILES string of the molecule is Cc1ccc(C(=O)N2CCCC2c2nc(-c3ccccc3OC(F)(F)F)n[nH]2)c(-n2nccn2)c1. The number of nitrogens with one attached hydrogen (secondary N) is 1. The Balaban J connectivity index is 1.45. The van der Waals surface area contributed by atoms with Crippen LogP contribution in [0, 0.1) is 6.92 Å². The van der Waals surface area contributed by atoms with Crippen molar-refractivity contribution in [3.63, 3.8) is 0 Å². The van der Waals surface area contributed by atoms with Gasteiger partial charge in [0.25, 0.3) is 5.91 Å². The van der Waals surface area contributed by atoms with Crippen molar-refractivity contribution in [1.29, 1.82) is 0 Å². The predicted octanol–water partition coefficient (Wildman–Crippen LogP) is 4.24. The number of benzene rings is 2. The molecule has 1 saturated heterocycles. The van der Waals surface area contributed by atoms with Gasteiger partial charge in [0.15, 0.2) is 5.82 Å². The van der Waals surface area contributed by atoms with Crippen LogP contribution in [0.4, 0.5) is 13.2 Å². The number of carbonyl (C=O) groups is 1. The third kappa shape index (κ3) is 4.59. The van der Waals surface area contributed by atoms with Crippen molar-refractivity contribution in [2.45, 2.75) is 32.2 Å². The Morgan fingerprint density at radius 2 is 1.91 bits per heavy atom. The van der Waals surface area contributed by atoms with Crippen molar-refractivity contribution >= 4 is 5.91 Å². The molecule has 1 aliphatic heterocycles. The number of amides is 1. The molecule has 12 heteroatoms. The highest BCUT2D eigenvalue weighted by Crippen LogP contribution is 2.35. The first kappa shape index (κ1) is 22.6. The van der Waals surface area contributed by atoms with Crippen LogP contribution >= 0.6 is 0 Å². The standard InChI is InChI=1S/C23H20F3N7O2/c1-14-8-9-15(18(13-14)33-27-10-11-28-33)22(34)32-12-4-6-17(32)21-29-20(30-31-21)16-5-2-3-7-19(16)35-23(24,25)26/h2-3,5,7-11,13,17H,4,6,12H2,1H3,(H,29,30,31). The number of aromatic nitrogens is 6. The van der Waals surface area contributed by atoms with E-state index in [1.165, 1.54) is 35.4 Å². The maximum atomic E-state index is 13.6. The number of hydrogen-bond acceptors (Lipinski definition) is 6. The summed E-state index contributed by atoms with van der Waals surface area (Å²) in [7, 11) is 0. The molecule has 1 atom stereocenters. The molecule has 1 aliphatic rings. The molecule has 1 N–H and O–H groups in total. The zero-order chi connectivity index (χ0) is 24.6. The van der Waals surface area contributed by atoms with Gasteiger partial charge in [-0.3, -0.25) is 9.89 Å². The predicted molar refractivity (Wildman–Crippen MR) is 118 cm³/mol. The molecular formula is C23H20F3N7O2. The lowest BCUT2D eigenvalue weighted by Gasteiger charge is -2.24. The Labute approximate surface area is 197 Å². The fraction of sp³-hybridized carbons (Fsp3) is 0.261. The largest absolute Gasteiger partial charge is 0.573 e. The van der Waals surface area contributed by atoms with Crippen molar-refractivity contribution in [2.24, 2.45) is 0 Å². The Morgan fingerprint density at radius 3 is 2.69 bits per heavy atom. The van der Waals surface area contributed by atoms with Crippen molar-refractivity contribution in [3.05, 3.63) is 71.8 Å². The molecule has 35 heavy (non-hydrogen) atoms. The van der Waals surface area contributed by atoms with Crippen LogP contribution in [-0.2, 0) is 0 Å².